The van der Waals surface area contributed by atoms with Gasteiger partial charge in [-0.25, -0.2) is 0 Å². The summed E-state index contributed by atoms with van der Waals surface area (Å²) in [5.74, 6) is 1.73. The minimum absolute atomic E-state index is 0.00567. The van der Waals surface area contributed by atoms with Gasteiger partial charge in [0.1, 0.15) is 0 Å². The van der Waals surface area contributed by atoms with E-state index in [1.54, 1.807) is 6.20 Å². The van der Waals surface area contributed by atoms with Gasteiger partial charge in [0.15, 0.2) is 5.82 Å². The minimum Gasteiger partial charge on any atom is -0.378 e. The lowest BCUT2D eigenvalue weighted by atomic mass is 10.0. The molecule has 2 aliphatic heterocycles. The fourth-order valence-electron chi connectivity index (χ4n) is 5.15. The average molecular weight is 528 g/mol. The smallest absolute Gasteiger partial charge is 0.254 e. The van der Waals surface area contributed by atoms with Crippen LogP contribution in [0.25, 0.3) is 0 Å². The first-order chi connectivity index (χ1) is 19.1. The van der Waals surface area contributed by atoms with E-state index in [0.717, 1.165) is 25.1 Å². The lowest BCUT2D eigenvalue weighted by Crippen LogP contribution is -2.48. The highest BCUT2D eigenvalue weighted by molar-refractivity contribution is 5.95. The van der Waals surface area contributed by atoms with E-state index in [1.807, 2.05) is 41.3 Å². The Morgan fingerprint density at radius 1 is 0.897 bits per heavy atom. The van der Waals surface area contributed by atoms with Gasteiger partial charge in [-0.05, 0) is 73.6 Å². The summed E-state index contributed by atoms with van der Waals surface area (Å²) in [7, 11) is 0. The third-order valence-electron chi connectivity index (χ3n) is 7.51. The van der Waals surface area contributed by atoms with Crippen molar-refractivity contribution in [3.63, 3.8) is 0 Å². The number of benzene rings is 2. The van der Waals surface area contributed by atoms with Crippen LogP contribution in [0.3, 0.4) is 0 Å². The molecule has 202 valence electrons. The van der Waals surface area contributed by atoms with E-state index in [4.69, 9.17) is 4.74 Å². The number of anilines is 3. The lowest BCUT2D eigenvalue weighted by molar-refractivity contribution is 0.0303. The molecule has 10 heteroatoms. The minimum atomic E-state index is -0.0470. The molecule has 0 spiro atoms. The van der Waals surface area contributed by atoms with Crippen LogP contribution in [0.2, 0.25) is 0 Å². The van der Waals surface area contributed by atoms with Gasteiger partial charge in [0.25, 0.3) is 11.8 Å². The fourth-order valence-corrected chi connectivity index (χ4v) is 5.15. The molecule has 2 saturated heterocycles. The van der Waals surface area contributed by atoms with E-state index in [-0.39, 0.29) is 17.9 Å². The number of carbonyl (C=O) groups is 2. The molecule has 0 bridgehead atoms. The van der Waals surface area contributed by atoms with Crippen LogP contribution in [0.1, 0.15) is 57.9 Å². The third-order valence-corrected chi connectivity index (χ3v) is 7.51. The largest absolute Gasteiger partial charge is 0.378 e. The van der Waals surface area contributed by atoms with Crippen molar-refractivity contribution in [1.29, 1.82) is 0 Å². The van der Waals surface area contributed by atoms with Crippen LogP contribution < -0.4 is 15.5 Å². The number of hydrogen-bond acceptors (Lipinski definition) is 8. The lowest BCUT2D eigenvalue weighted by Gasteiger charge is -2.33. The molecule has 2 aromatic carbocycles. The Labute approximate surface area is 227 Å². The van der Waals surface area contributed by atoms with Crippen LogP contribution >= 0.6 is 0 Å². The number of nitrogens with one attached hydrogen (secondary N) is 2. The summed E-state index contributed by atoms with van der Waals surface area (Å²) in [6.07, 6.45) is 5.90. The summed E-state index contributed by atoms with van der Waals surface area (Å²) in [4.78, 5) is 34.1. The molecule has 0 unspecified atom stereocenters. The normalized spacial score (nSPS) is 19.4. The van der Waals surface area contributed by atoms with Crippen molar-refractivity contribution in [2.24, 2.45) is 0 Å². The molecule has 3 heterocycles. The first-order valence-electron chi connectivity index (χ1n) is 13.7. The Kier molecular flexibility index (Phi) is 7.36. The number of morpholine rings is 1. The first-order valence-corrected chi connectivity index (χ1v) is 13.7. The van der Waals surface area contributed by atoms with Crippen LogP contribution in [-0.2, 0) is 4.74 Å². The van der Waals surface area contributed by atoms with E-state index in [9.17, 15) is 9.59 Å². The molecule has 1 saturated carbocycles. The molecular weight excluding hydrogens is 494 g/mol. The van der Waals surface area contributed by atoms with Gasteiger partial charge in [0.05, 0.1) is 19.4 Å². The van der Waals surface area contributed by atoms with E-state index in [1.165, 1.54) is 18.4 Å². The predicted molar refractivity (Wildman–Crippen MR) is 147 cm³/mol. The first kappa shape index (κ1) is 25.2. The zero-order valence-corrected chi connectivity index (χ0v) is 21.9. The topological polar surface area (TPSA) is 113 Å². The molecule has 1 aromatic heterocycles. The summed E-state index contributed by atoms with van der Waals surface area (Å²) >= 11 is 0. The summed E-state index contributed by atoms with van der Waals surface area (Å²) in [5.41, 5.74) is 3.46. The fraction of sp³-hybridized carbons (Fsp3) is 0.414. The zero-order chi connectivity index (χ0) is 26.6. The zero-order valence-electron chi connectivity index (χ0n) is 21.9. The summed E-state index contributed by atoms with van der Waals surface area (Å²) in [6, 6.07) is 15.4. The second-order valence-electron chi connectivity index (χ2n) is 10.4. The van der Waals surface area contributed by atoms with E-state index in [2.05, 4.69) is 42.8 Å². The van der Waals surface area contributed by atoms with Crippen molar-refractivity contribution < 1.29 is 14.3 Å². The molecule has 6 rings (SSSR count). The van der Waals surface area contributed by atoms with Crippen LogP contribution in [-0.4, -0.2) is 77.3 Å². The van der Waals surface area contributed by atoms with Crippen LogP contribution in [0, 0.1) is 0 Å². The van der Waals surface area contributed by atoms with Gasteiger partial charge < -0.3 is 25.2 Å². The van der Waals surface area contributed by atoms with Gasteiger partial charge in [-0.15, -0.1) is 5.10 Å². The monoisotopic (exact) mass is 527 g/mol. The van der Waals surface area contributed by atoms with Crippen molar-refractivity contribution in [1.82, 2.24) is 25.4 Å². The van der Waals surface area contributed by atoms with Gasteiger partial charge in [0.2, 0.25) is 5.95 Å². The van der Waals surface area contributed by atoms with Gasteiger partial charge in [0, 0.05) is 49.0 Å². The highest BCUT2D eigenvalue weighted by Gasteiger charge is 2.26. The molecule has 10 nitrogen and oxygen atoms in total. The molecule has 2 amide bonds. The number of rotatable bonds is 7. The third kappa shape index (κ3) is 6.17. The van der Waals surface area contributed by atoms with Crippen molar-refractivity contribution in [2.75, 3.05) is 49.6 Å². The maximum absolute atomic E-state index is 12.9. The van der Waals surface area contributed by atoms with E-state index in [0.29, 0.717) is 61.7 Å². The molecule has 39 heavy (non-hydrogen) atoms. The number of nitrogens with zero attached hydrogens (tertiary/aromatic N) is 5. The highest BCUT2D eigenvalue weighted by Crippen LogP contribution is 2.39. The van der Waals surface area contributed by atoms with Crippen molar-refractivity contribution in [2.45, 2.75) is 37.6 Å². The maximum Gasteiger partial charge on any atom is 0.254 e. The molecule has 3 aromatic rings. The second kappa shape index (κ2) is 11.4. The highest BCUT2D eigenvalue weighted by atomic mass is 16.5. The molecular formula is C29H33N7O3. The van der Waals surface area contributed by atoms with Crippen LogP contribution in [0.15, 0.2) is 54.7 Å². The van der Waals surface area contributed by atoms with Crippen molar-refractivity contribution in [3.05, 3.63) is 71.4 Å². The Balaban J connectivity index is 1.05. The number of hydrogen-bond donors (Lipinski definition) is 2. The van der Waals surface area contributed by atoms with E-state index < -0.39 is 0 Å². The van der Waals surface area contributed by atoms with Gasteiger partial charge in [-0.1, -0.05) is 12.1 Å². The quantitative estimate of drug-likeness (QED) is 0.481. The Morgan fingerprint density at radius 3 is 2.38 bits per heavy atom. The van der Waals surface area contributed by atoms with Gasteiger partial charge in [-0.2, -0.15) is 10.1 Å². The van der Waals surface area contributed by atoms with E-state index >= 15 is 0 Å². The van der Waals surface area contributed by atoms with Gasteiger partial charge in [-0.3, -0.25) is 9.59 Å². The summed E-state index contributed by atoms with van der Waals surface area (Å²) < 4.78 is 5.33. The molecule has 0 radical (unpaired) electrons. The van der Waals surface area contributed by atoms with Crippen molar-refractivity contribution in [3.8, 4) is 0 Å². The molecule has 3 fully saturated rings. The Hall–Kier alpha value is -4.05. The summed E-state index contributed by atoms with van der Waals surface area (Å²) in [5, 5.41) is 14.8. The Bertz CT molecular complexity index is 1310. The number of carbonyl (C=O) groups excluding carboxylic acids is 2. The predicted octanol–water partition coefficient (Wildman–Crippen LogP) is 3.36. The molecule has 1 aliphatic carbocycles. The van der Waals surface area contributed by atoms with Crippen molar-refractivity contribution >= 4 is 29.3 Å². The van der Waals surface area contributed by atoms with Crippen LogP contribution in [0.5, 0.6) is 0 Å². The SMILES string of the molecule is O=C(N[C@@H]1CCCN(c2nncc(Nc3ccc(C(=O)N4CCOCC4)cc3)n2)C1)c1ccc(C2CC2)cc1. The molecule has 1 atom stereocenters. The summed E-state index contributed by atoms with van der Waals surface area (Å²) in [6.45, 7) is 3.80. The van der Waals surface area contributed by atoms with Crippen LogP contribution in [0.4, 0.5) is 17.5 Å². The van der Waals surface area contributed by atoms with Gasteiger partial charge >= 0.3 is 0 Å². The average Bonchev–Trinajstić information content (AvgIpc) is 3.84. The molecule has 2 N–H and O–H groups in total. The number of aromatic nitrogens is 3. The standard InChI is InChI=1S/C29H33N7O3/c37-27(22-7-5-21(6-8-22)20-3-4-20)32-25-2-1-13-36(19-25)29-33-26(18-30-34-29)31-24-11-9-23(10-12-24)28(38)35-14-16-39-17-15-35/h5-12,18,20,25H,1-4,13-17,19H2,(H,32,37)(H,31,33,34)/t25-/m1/s1. The number of ether oxygens (including phenoxy) is 1. The number of amides is 2. The Morgan fingerprint density at radius 2 is 1.64 bits per heavy atom. The second-order valence-corrected chi connectivity index (χ2v) is 10.4. The number of piperidine rings is 1. The molecule has 3 aliphatic rings. The maximum atomic E-state index is 12.9.